The van der Waals surface area contributed by atoms with Crippen LogP contribution in [0, 0.1) is 0 Å². The van der Waals surface area contributed by atoms with Gasteiger partial charge in [-0.05, 0) is 48.7 Å². The Morgan fingerprint density at radius 3 is 2.97 bits per heavy atom. The Kier molecular flexibility index (Phi) is 5.56. The summed E-state index contributed by atoms with van der Waals surface area (Å²) in [6, 6.07) is 11.6. The van der Waals surface area contributed by atoms with Gasteiger partial charge in [-0.15, -0.1) is 0 Å². The molecular formula is C23H29N5O. The zero-order chi connectivity index (χ0) is 19.5. The lowest BCUT2D eigenvalue weighted by molar-refractivity contribution is 0.122. The zero-order valence-electron chi connectivity index (χ0n) is 16.9. The van der Waals surface area contributed by atoms with Crippen molar-refractivity contribution in [3.05, 3.63) is 58.8 Å². The van der Waals surface area contributed by atoms with Crippen LogP contribution in [-0.4, -0.2) is 56.1 Å². The molecule has 4 heterocycles. The highest BCUT2D eigenvalue weighted by Crippen LogP contribution is 2.26. The maximum absolute atomic E-state index is 5.47. The fourth-order valence-corrected chi connectivity index (χ4v) is 4.41. The summed E-state index contributed by atoms with van der Waals surface area (Å²) in [4.78, 5) is 11.7. The zero-order valence-corrected chi connectivity index (χ0v) is 16.9. The van der Waals surface area contributed by atoms with Crippen molar-refractivity contribution in [3.8, 4) is 0 Å². The lowest BCUT2D eigenvalue weighted by Gasteiger charge is -2.28. The molecule has 5 rings (SSSR count). The highest BCUT2D eigenvalue weighted by molar-refractivity contribution is 6.15. The fourth-order valence-electron chi connectivity index (χ4n) is 4.41. The second-order valence-corrected chi connectivity index (χ2v) is 8.08. The molecule has 1 atom stereocenters. The van der Waals surface area contributed by atoms with Crippen LogP contribution in [0.3, 0.4) is 0 Å². The molecule has 152 valence electrons. The first-order chi connectivity index (χ1) is 14.4. The Balaban J connectivity index is 1.33. The summed E-state index contributed by atoms with van der Waals surface area (Å²) < 4.78 is 5.47. The number of nitrogens with zero attached hydrogens (tertiary/aromatic N) is 3. The van der Waals surface area contributed by atoms with Crippen molar-refractivity contribution in [2.24, 2.45) is 4.99 Å². The molecule has 0 saturated carbocycles. The Labute approximate surface area is 172 Å². The summed E-state index contributed by atoms with van der Waals surface area (Å²) in [5, 5.41) is 7.18. The Hall–Kier alpha value is -2.28. The van der Waals surface area contributed by atoms with E-state index in [1.807, 2.05) is 6.20 Å². The molecule has 0 spiro atoms. The maximum atomic E-state index is 5.47. The number of ether oxygens (including phenoxy) is 1. The topological polar surface area (TPSA) is 61.8 Å². The molecule has 6 nitrogen and oxygen atoms in total. The Morgan fingerprint density at radius 2 is 2.10 bits per heavy atom. The number of morpholine rings is 1. The second kappa shape index (κ2) is 8.61. The van der Waals surface area contributed by atoms with Crippen molar-refractivity contribution in [3.63, 3.8) is 0 Å². The third-order valence-corrected chi connectivity index (χ3v) is 6.08. The van der Waals surface area contributed by atoms with Gasteiger partial charge in [-0.3, -0.25) is 4.99 Å². The number of nitrogens with one attached hydrogen (secondary N) is 2. The molecule has 1 aromatic heterocycles. The summed E-state index contributed by atoms with van der Waals surface area (Å²) in [5.74, 6) is 1.02. The minimum Gasteiger partial charge on any atom is -0.378 e. The van der Waals surface area contributed by atoms with E-state index in [-0.39, 0.29) is 0 Å². The normalized spacial score (nSPS) is 21.7. The third-order valence-electron chi connectivity index (χ3n) is 6.08. The predicted molar refractivity (Wildman–Crippen MR) is 116 cm³/mol. The van der Waals surface area contributed by atoms with Gasteiger partial charge in [-0.2, -0.15) is 0 Å². The minimum atomic E-state index is 0.571. The van der Waals surface area contributed by atoms with Gasteiger partial charge in [0.1, 0.15) is 5.82 Å². The number of benzene rings is 1. The average Bonchev–Trinajstić information content (AvgIpc) is 3.22. The molecule has 2 N–H and O–H groups in total. The van der Waals surface area contributed by atoms with E-state index >= 15 is 0 Å². The molecule has 0 bridgehead atoms. The number of hydrogen-bond donors (Lipinski definition) is 2. The van der Waals surface area contributed by atoms with Crippen LogP contribution >= 0.6 is 0 Å². The van der Waals surface area contributed by atoms with Crippen LogP contribution in [0.1, 0.15) is 35.1 Å². The van der Waals surface area contributed by atoms with Crippen molar-refractivity contribution in [1.29, 1.82) is 0 Å². The van der Waals surface area contributed by atoms with E-state index in [4.69, 9.17) is 9.73 Å². The highest BCUT2D eigenvalue weighted by atomic mass is 16.5. The van der Waals surface area contributed by atoms with Gasteiger partial charge in [0.15, 0.2) is 0 Å². The molecule has 1 unspecified atom stereocenters. The van der Waals surface area contributed by atoms with E-state index in [2.05, 4.69) is 50.8 Å². The smallest absolute Gasteiger partial charge is 0.129 e. The van der Waals surface area contributed by atoms with Crippen LogP contribution in [0.5, 0.6) is 0 Å². The van der Waals surface area contributed by atoms with Gasteiger partial charge in [0.25, 0.3) is 0 Å². The lowest BCUT2D eigenvalue weighted by Crippen LogP contribution is -2.42. The van der Waals surface area contributed by atoms with Gasteiger partial charge in [-0.1, -0.05) is 12.1 Å². The van der Waals surface area contributed by atoms with E-state index < -0.39 is 0 Å². The largest absolute Gasteiger partial charge is 0.378 e. The second-order valence-electron chi connectivity index (χ2n) is 8.08. The summed E-state index contributed by atoms with van der Waals surface area (Å²) in [6.07, 6.45) is 4.42. The molecule has 3 aliphatic rings. The standard InChI is InChI=1S/C23H29N5O/c1-2-20(16-24-6-1)26-14-17-3-4-19-15-27-23(21(19)12-17)18-5-7-25-22(13-18)28-8-10-29-11-9-28/h3-5,7,12-13,20,24,26H,1-2,6,8-11,14-16H2. The first-order valence-corrected chi connectivity index (χ1v) is 10.8. The lowest BCUT2D eigenvalue weighted by atomic mass is 9.98. The van der Waals surface area contributed by atoms with Crippen LogP contribution < -0.4 is 15.5 Å². The van der Waals surface area contributed by atoms with Crippen LogP contribution in [0.15, 0.2) is 41.5 Å². The van der Waals surface area contributed by atoms with Gasteiger partial charge in [0.05, 0.1) is 25.5 Å². The van der Waals surface area contributed by atoms with Crippen LogP contribution in [-0.2, 0) is 17.8 Å². The molecule has 2 saturated heterocycles. The van der Waals surface area contributed by atoms with Gasteiger partial charge in [-0.25, -0.2) is 4.98 Å². The van der Waals surface area contributed by atoms with Gasteiger partial charge in [0, 0.05) is 49.5 Å². The van der Waals surface area contributed by atoms with Gasteiger partial charge < -0.3 is 20.3 Å². The minimum absolute atomic E-state index is 0.571. The Bertz CT molecular complexity index is 885. The first-order valence-electron chi connectivity index (χ1n) is 10.8. The third kappa shape index (κ3) is 4.20. The average molecular weight is 392 g/mol. The summed E-state index contributed by atoms with van der Waals surface area (Å²) in [7, 11) is 0. The number of piperidine rings is 1. The number of rotatable bonds is 5. The molecular weight excluding hydrogens is 362 g/mol. The monoisotopic (exact) mass is 391 g/mol. The quantitative estimate of drug-likeness (QED) is 0.818. The number of anilines is 1. The Morgan fingerprint density at radius 1 is 1.17 bits per heavy atom. The number of pyridine rings is 1. The van der Waals surface area contributed by atoms with Gasteiger partial charge in [0.2, 0.25) is 0 Å². The molecule has 2 fully saturated rings. The van der Waals surface area contributed by atoms with Crippen molar-refractivity contribution >= 4 is 11.5 Å². The van der Waals surface area contributed by atoms with Gasteiger partial charge >= 0.3 is 0 Å². The highest BCUT2D eigenvalue weighted by Gasteiger charge is 2.20. The SMILES string of the molecule is c1cc(C2=NCc3ccc(CNC4CCCNC4)cc32)cc(N2CCOCC2)n1. The summed E-state index contributed by atoms with van der Waals surface area (Å²) in [5.41, 5.74) is 6.16. The maximum Gasteiger partial charge on any atom is 0.129 e. The van der Waals surface area contributed by atoms with E-state index in [1.54, 1.807) is 0 Å². The number of aliphatic imine (C=N–C) groups is 1. The van der Waals surface area contributed by atoms with Crippen molar-refractivity contribution in [1.82, 2.24) is 15.6 Å². The fraction of sp³-hybridized carbons (Fsp3) is 0.478. The molecule has 1 aromatic carbocycles. The van der Waals surface area contributed by atoms with Crippen molar-refractivity contribution in [2.75, 3.05) is 44.3 Å². The van der Waals surface area contributed by atoms with Crippen LogP contribution in [0.2, 0.25) is 0 Å². The summed E-state index contributed by atoms with van der Waals surface area (Å²) in [6.45, 7) is 7.21. The van der Waals surface area contributed by atoms with E-state index in [0.717, 1.165) is 69.6 Å². The molecule has 6 heteroatoms. The van der Waals surface area contributed by atoms with Crippen LogP contribution in [0.4, 0.5) is 5.82 Å². The number of aromatic nitrogens is 1. The molecule has 3 aliphatic heterocycles. The molecule has 2 aromatic rings. The van der Waals surface area contributed by atoms with Crippen molar-refractivity contribution < 1.29 is 4.74 Å². The van der Waals surface area contributed by atoms with E-state index in [9.17, 15) is 0 Å². The number of fused-ring (bicyclic) bond motifs is 1. The van der Waals surface area contributed by atoms with Crippen molar-refractivity contribution in [2.45, 2.75) is 32.0 Å². The van der Waals surface area contributed by atoms with E-state index in [0.29, 0.717) is 6.04 Å². The molecule has 0 radical (unpaired) electrons. The predicted octanol–water partition coefficient (Wildman–Crippen LogP) is 2.11. The van der Waals surface area contributed by atoms with Crippen LogP contribution in [0.25, 0.3) is 0 Å². The van der Waals surface area contributed by atoms with E-state index in [1.165, 1.54) is 29.5 Å². The summed E-state index contributed by atoms with van der Waals surface area (Å²) >= 11 is 0. The molecule has 0 aliphatic carbocycles. The first kappa shape index (κ1) is 18.7. The number of hydrogen-bond acceptors (Lipinski definition) is 6. The molecule has 0 amide bonds. The molecule has 29 heavy (non-hydrogen) atoms.